The predicted molar refractivity (Wildman–Crippen MR) is 219 cm³/mol. The molecule has 3 aliphatic heterocycles. The Morgan fingerprint density at radius 3 is 2.02 bits per heavy atom. The maximum Gasteiger partial charge on any atom is 0.192 e. The van der Waals surface area contributed by atoms with Gasteiger partial charge in [0.2, 0.25) is 0 Å². The average molecular weight is 787 g/mol. The maximum absolute atomic E-state index is 7.43. The van der Waals surface area contributed by atoms with Crippen LogP contribution in [0.1, 0.15) is 69.4 Å². The molecule has 3 aliphatic rings. The summed E-state index contributed by atoms with van der Waals surface area (Å²) < 4.78 is 59.3. The van der Waals surface area contributed by atoms with E-state index in [1.807, 2.05) is 66.7 Å². The average Bonchev–Trinajstić information content (AvgIpc) is 3.29. The summed E-state index contributed by atoms with van der Waals surface area (Å²) in [5, 5.41) is -0.0647. The lowest BCUT2D eigenvalue weighted by Crippen LogP contribution is -2.63. The smallest absolute Gasteiger partial charge is 0.192 e. The van der Waals surface area contributed by atoms with Crippen molar-refractivity contribution in [1.82, 2.24) is 0 Å². The Kier molecular flexibility index (Phi) is 15.5. The second kappa shape index (κ2) is 20.5. The molecule has 3 heterocycles. The van der Waals surface area contributed by atoms with Crippen LogP contribution < -0.4 is 0 Å². The minimum Gasteiger partial charge on any atom is -0.490 e. The third-order valence-corrected chi connectivity index (χ3v) is 15.7. The molecule has 6 rings (SSSR count). The zero-order valence-corrected chi connectivity index (χ0v) is 35.0. The van der Waals surface area contributed by atoms with Gasteiger partial charge in [-0.05, 0) is 54.6 Å². The first-order valence-corrected chi connectivity index (χ1v) is 23.1. The molecule has 10 heteroatoms. The van der Waals surface area contributed by atoms with Gasteiger partial charge in [-0.2, -0.15) is 0 Å². The molecule has 2 fully saturated rings. The van der Waals surface area contributed by atoms with E-state index in [0.717, 1.165) is 35.3 Å². The summed E-state index contributed by atoms with van der Waals surface area (Å²) in [4.78, 5) is 0. The van der Waals surface area contributed by atoms with E-state index in [-0.39, 0.29) is 30.1 Å². The predicted octanol–water partition coefficient (Wildman–Crippen LogP) is 9.45. The molecule has 0 amide bonds. The maximum atomic E-state index is 7.43. The molecule has 0 bridgehead atoms. The number of methoxy groups -OCH3 is 1. The van der Waals surface area contributed by atoms with Gasteiger partial charge in [-0.1, -0.05) is 124 Å². The number of allylic oxidation sites excluding steroid dienone is 2. The van der Waals surface area contributed by atoms with E-state index in [0.29, 0.717) is 39.3 Å². The SMILES string of the molecule is COCOCC[C@@H]1O[C@H](C/C2=C/C/C=C\C[C@@H]3O[C@H](c4ccccc4)OC[C@H]3O2)[C@@H](O[Si](C)(C)C(C)(C)C)[C@H](OCc2ccccc2)[C@H]1OCc1ccccc1. The van der Waals surface area contributed by atoms with Crippen LogP contribution in [0.3, 0.4) is 0 Å². The summed E-state index contributed by atoms with van der Waals surface area (Å²) in [6.07, 6.45) is 5.98. The molecule has 0 aromatic heterocycles. The van der Waals surface area contributed by atoms with E-state index in [1.165, 1.54) is 0 Å². The van der Waals surface area contributed by atoms with Gasteiger partial charge in [0.05, 0.1) is 44.4 Å². The lowest BCUT2D eigenvalue weighted by molar-refractivity contribution is -0.264. The van der Waals surface area contributed by atoms with Crippen molar-refractivity contribution in [2.45, 2.75) is 127 Å². The molecule has 2 saturated heterocycles. The van der Waals surface area contributed by atoms with E-state index in [9.17, 15) is 0 Å². The van der Waals surface area contributed by atoms with E-state index in [2.05, 4.69) is 76.4 Å². The highest BCUT2D eigenvalue weighted by molar-refractivity contribution is 6.74. The van der Waals surface area contributed by atoms with Gasteiger partial charge in [-0.25, -0.2) is 0 Å². The van der Waals surface area contributed by atoms with Crippen LogP contribution in [0.5, 0.6) is 0 Å². The van der Waals surface area contributed by atoms with Crippen molar-refractivity contribution in [3.8, 4) is 0 Å². The highest BCUT2D eigenvalue weighted by Crippen LogP contribution is 2.42. The van der Waals surface area contributed by atoms with Crippen molar-refractivity contribution in [3.63, 3.8) is 0 Å². The van der Waals surface area contributed by atoms with Gasteiger partial charge in [-0.15, -0.1) is 0 Å². The molecule has 56 heavy (non-hydrogen) atoms. The Labute approximate surface area is 335 Å². The van der Waals surface area contributed by atoms with Crippen LogP contribution in [0.4, 0.5) is 0 Å². The molecular formula is C46H62O9Si. The fourth-order valence-electron chi connectivity index (χ4n) is 7.09. The fourth-order valence-corrected chi connectivity index (χ4v) is 8.41. The standard InChI is InChI=1S/C46H62O9Si/c1-46(2,3)56(5,6)55-43-40(29-37-25-17-10-18-26-38-41(52-37)32-51-45(54-38)36-23-15-9-16-24-36)53-39(27-28-48-33-47-4)42(49-30-34-19-11-7-12-20-34)44(43)50-31-35-21-13-8-14-22-35/h7-16,18-25,38-45H,17,26-33H2,1-6H3/b18-10-,37-25-/t38-,39-,40+,41+,42-,43+,44+,45+/m0/s1. The Morgan fingerprint density at radius 2 is 1.38 bits per heavy atom. The van der Waals surface area contributed by atoms with Crippen molar-refractivity contribution in [3.05, 3.63) is 132 Å². The van der Waals surface area contributed by atoms with Crippen molar-refractivity contribution in [2.24, 2.45) is 0 Å². The van der Waals surface area contributed by atoms with Crippen LogP contribution in [0.2, 0.25) is 18.1 Å². The van der Waals surface area contributed by atoms with Crippen LogP contribution in [-0.2, 0) is 55.5 Å². The van der Waals surface area contributed by atoms with Crippen molar-refractivity contribution in [2.75, 3.05) is 27.1 Å². The summed E-state index contributed by atoms with van der Waals surface area (Å²) >= 11 is 0. The molecule has 0 saturated carbocycles. The van der Waals surface area contributed by atoms with Gasteiger partial charge in [0.25, 0.3) is 0 Å². The van der Waals surface area contributed by atoms with Gasteiger partial charge in [0.1, 0.15) is 37.3 Å². The summed E-state index contributed by atoms with van der Waals surface area (Å²) in [7, 11) is -0.758. The van der Waals surface area contributed by atoms with Crippen LogP contribution >= 0.6 is 0 Å². The molecule has 0 unspecified atom stereocenters. The molecule has 0 aliphatic carbocycles. The fraction of sp³-hybridized carbons (Fsp3) is 0.522. The molecule has 3 aromatic rings. The van der Waals surface area contributed by atoms with Gasteiger partial charge >= 0.3 is 0 Å². The monoisotopic (exact) mass is 786 g/mol. The van der Waals surface area contributed by atoms with Crippen molar-refractivity contribution < 1.29 is 42.3 Å². The Morgan fingerprint density at radius 1 is 0.732 bits per heavy atom. The number of rotatable bonds is 16. The minimum atomic E-state index is -2.39. The first-order chi connectivity index (χ1) is 27.1. The quantitative estimate of drug-likeness (QED) is 0.0611. The molecule has 0 spiro atoms. The number of benzene rings is 3. The van der Waals surface area contributed by atoms with Gasteiger partial charge in [0, 0.05) is 19.1 Å². The molecule has 0 radical (unpaired) electrons. The van der Waals surface area contributed by atoms with Crippen molar-refractivity contribution >= 4 is 8.32 Å². The first-order valence-electron chi connectivity index (χ1n) is 20.1. The molecular weight excluding hydrogens is 725 g/mol. The van der Waals surface area contributed by atoms with Crippen LogP contribution in [0.25, 0.3) is 0 Å². The van der Waals surface area contributed by atoms with E-state index >= 15 is 0 Å². The second-order valence-corrected chi connectivity index (χ2v) is 21.2. The summed E-state index contributed by atoms with van der Waals surface area (Å²) in [6.45, 7) is 13.2. The van der Waals surface area contributed by atoms with Crippen LogP contribution in [-0.4, -0.2) is 78.2 Å². The highest BCUT2D eigenvalue weighted by atomic mass is 28.4. The Balaban J connectivity index is 1.32. The van der Waals surface area contributed by atoms with Crippen LogP contribution in [0.15, 0.2) is 115 Å². The molecule has 3 aromatic carbocycles. The normalized spacial score (nSPS) is 28.8. The largest absolute Gasteiger partial charge is 0.490 e. The lowest BCUT2D eigenvalue weighted by atomic mass is 9.90. The molecule has 9 nitrogen and oxygen atoms in total. The first kappa shape index (κ1) is 42.4. The van der Waals surface area contributed by atoms with E-state index in [1.54, 1.807) is 7.11 Å². The Hall–Kier alpha value is -3.16. The van der Waals surface area contributed by atoms with Crippen molar-refractivity contribution in [1.29, 1.82) is 0 Å². The van der Waals surface area contributed by atoms with Gasteiger partial charge in [-0.3, -0.25) is 0 Å². The molecule has 0 N–H and O–H groups in total. The minimum absolute atomic E-state index is 0.0647. The third-order valence-electron chi connectivity index (χ3n) is 11.2. The zero-order chi connectivity index (χ0) is 39.4. The number of fused-ring (bicyclic) bond motifs is 1. The molecule has 8 atom stereocenters. The summed E-state index contributed by atoms with van der Waals surface area (Å²) in [5.74, 6) is 0.825. The zero-order valence-electron chi connectivity index (χ0n) is 34.0. The third kappa shape index (κ3) is 11.7. The van der Waals surface area contributed by atoms with E-state index in [4.69, 9.17) is 42.3 Å². The Bertz CT molecular complexity index is 1650. The van der Waals surface area contributed by atoms with Crippen LogP contribution in [0, 0.1) is 0 Å². The summed E-state index contributed by atoms with van der Waals surface area (Å²) in [5.41, 5.74) is 3.15. The number of ether oxygens (including phenoxy) is 8. The lowest BCUT2D eigenvalue weighted by Gasteiger charge is -2.50. The van der Waals surface area contributed by atoms with E-state index < -0.39 is 39.0 Å². The number of hydrogen-bond donors (Lipinski definition) is 0. The summed E-state index contributed by atoms with van der Waals surface area (Å²) in [6, 6.07) is 30.6. The van der Waals surface area contributed by atoms with Gasteiger partial charge < -0.3 is 42.3 Å². The highest BCUT2D eigenvalue weighted by Gasteiger charge is 2.52. The molecule has 304 valence electrons. The second-order valence-electron chi connectivity index (χ2n) is 16.4. The van der Waals surface area contributed by atoms with Gasteiger partial charge in [0.15, 0.2) is 14.6 Å². The topological polar surface area (TPSA) is 83.1 Å². The number of hydrogen-bond acceptors (Lipinski definition) is 9.